The minimum Gasteiger partial charge on any atom is -0.377 e. The summed E-state index contributed by atoms with van der Waals surface area (Å²) in [6, 6.07) is 21.5. The highest BCUT2D eigenvalue weighted by molar-refractivity contribution is 5.44. The van der Waals surface area contributed by atoms with Crippen LogP contribution in [0.5, 0.6) is 0 Å². The average molecular weight is 374 g/mol. The van der Waals surface area contributed by atoms with Crippen molar-refractivity contribution in [3.8, 4) is 0 Å². The van der Waals surface area contributed by atoms with Gasteiger partial charge in [-0.15, -0.1) is 0 Å². The fourth-order valence-electron chi connectivity index (χ4n) is 4.64. The Balaban J connectivity index is 1.48. The molecule has 3 heterocycles. The Morgan fingerprint density at radius 1 is 1.04 bits per heavy atom. The molecule has 4 heteroatoms. The van der Waals surface area contributed by atoms with E-state index >= 15 is 0 Å². The second kappa shape index (κ2) is 7.90. The second-order valence-corrected chi connectivity index (χ2v) is 7.94. The number of aromatic nitrogens is 2. The van der Waals surface area contributed by atoms with Gasteiger partial charge >= 0.3 is 0 Å². The molecule has 0 amide bonds. The first-order valence-corrected chi connectivity index (χ1v) is 10.4. The molecule has 2 aromatic carbocycles. The van der Waals surface area contributed by atoms with Crippen molar-refractivity contribution >= 4 is 0 Å². The van der Waals surface area contributed by atoms with Crippen LogP contribution in [0, 0.1) is 0 Å². The summed E-state index contributed by atoms with van der Waals surface area (Å²) < 4.78 is 5.88. The molecule has 28 heavy (non-hydrogen) atoms. The lowest BCUT2D eigenvalue weighted by Crippen LogP contribution is -2.36. The summed E-state index contributed by atoms with van der Waals surface area (Å²) in [6.45, 7) is 3.99. The molecule has 0 radical (unpaired) electrons. The molecule has 0 bridgehead atoms. The van der Waals surface area contributed by atoms with Crippen molar-refractivity contribution in [2.75, 3.05) is 19.7 Å². The van der Waals surface area contributed by atoms with Crippen LogP contribution < -0.4 is 0 Å². The molecule has 0 spiro atoms. The van der Waals surface area contributed by atoms with Crippen LogP contribution >= 0.6 is 0 Å². The summed E-state index contributed by atoms with van der Waals surface area (Å²) in [5.41, 5.74) is 6.43. The van der Waals surface area contributed by atoms with Crippen LogP contribution in [0.15, 0.2) is 60.7 Å². The zero-order chi connectivity index (χ0) is 18.8. The number of nitrogens with one attached hydrogen (secondary N) is 1. The van der Waals surface area contributed by atoms with Crippen molar-refractivity contribution in [3.63, 3.8) is 0 Å². The maximum atomic E-state index is 5.88. The van der Waals surface area contributed by atoms with Gasteiger partial charge in [-0.2, -0.15) is 5.10 Å². The Morgan fingerprint density at radius 3 is 2.39 bits per heavy atom. The van der Waals surface area contributed by atoms with E-state index in [0.717, 1.165) is 32.7 Å². The van der Waals surface area contributed by atoms with E-state index in [1.807, 2.05) is 0 Å². The zero-order valence-corrected chi connectivity index (χ0v) is 16.2. The summed E-state index contributed by atoms with van der Waals surface area (Å²) in [4.78, 5) is 2.55. The van der Waals surface area contributed by atoms with Crippen LogP contribution in [0.2, 0.25) is 0 Å². The van der Waals surface area contributed by atoms with Gasteiger partial charge in [0.05, 0.1) is 17.7 Å². The van der Waals surface area contributed by atoms with E-state index in [9.17, 15) is 0 Å². The van der Waals surface area contributed by atoms with Crippen molar-refractivity contribution in [3.05, 3.63) is 88.7 Å². The average Bonchev–Trinajstić information content (AvgIpc) is 3.40. The molecule has 5 rings (SSSR count). The Hall–Kier alpha value is -2.43. The SMILES string of the molecule is c1ccc(C(c2ccccc2)c2n[nH]c3c2CN(C[C@@H]2CCCO2)CC3)cc1. The number of hydrogen-bond acceptors (Lipinski definition) is 3. The predicted molar refractivity (Wildman–Crippen MR) is 110 cm³/mol. The number of H-pyrrole nitrogens is 1. The smallest absolute Gasteiger partial charge is 0.0788 e. The van der Waals surface area contributed by atoms with Crippen LogP contribution in [-0.2, 0) is 17.7 Å². The Bertz CT molecular complexity index is 861. The standard InChI is InChI=1S/C24H27N3O/c1-3-8-18(9-4-1)23(19-10-5-2-6-11-19)24-21-17-27(14-13-22(21)25-26-24)16-20-12-7-15-28-20/h1-6,8-11,20,23H,7,12-17H2,(H,25,26)/t20-/m0/s1. The molecule has 1 atom stereocenters. The summed E-state index contributed by atoms with van der Waals surface area (Å²) in [6.07, 6.45) is 3.82. The van der Waals surface area contributed by atoms with Crippen molar-refractivity contribution < 1.29 is 4.74 Å². The molecule has 2 aliphatic heterocycles. The van der Waals surface area contributed by atoms with Crippen molar-refractivity contribution in [1.82, 2.24) is 15.1 Å². The number of ether oxygens (including phenoxy) is 1. The maximum Gasteiger partial charge on any atom is 0.0788 e. The van der Waals surface area contributed by atoms with Crippen LogP contribution in [0.3, 0.4) is 0 Å². The van der Waals surface area contributed by atoms with Gasteiger partial charge in [-0.25, -0.2) is 0 Å². The van der Waals surface area contributed by atoms with E-state index in [1.165, 1.54) is 40.9 Å². The normalized spacial score (nSPS) is 19.8. The number of nitrogens with zero attached hydrogens (tertiary/aromatic N) is 2. The second-order valence-electron chi connectivity index (χ2n) is 7.94. The van der Waals surface area contributed by atoms with Crippen LogP contribution in [0.25, 0.3) is 0 Å². The highest BCUT2D eigenvalue weighted by Crippen LogP contribution is 2.35. The lowest BCUT2D eigenvalue weighted by atomic mass is 9.85. The Morgan fingerprint density at radius 2 is 1.75 bits per heavy atom. The van der Waals surface area contributed by atoms with E-state index in [-0.39, 0.29) is 5.92 Å². The van der Waals surface area contributed by atoms with Crippen LogP contribution in [-0.4, -0.2) is 40.9 Å². The van der Waals surface area contributed by atoms with Gasteiger partial charge in [0, 0.05) is 43.9 Å². The third-order valence-corrected chi connectivity index (χ3v) is 6.07. The molecule has 1 fully saturated rings. The monoisotopic (exact) mass is 373 g/mol. The van der Waals surface area contributed by atoms with Crippen LogP contribution in [0.4, 0.5) is 0 Å². The van der Waals surface area contributed by atoms with Crippen LogP contribution in [0.1, 0.15) is 46.8 Å². The molecule has 3 aromatic rings. The van der Waals surface area contributed by atoms with Gasteiger partial charge in [-0.1, -0.05) is 60.7 Å². The van der Waals surface area contributed by atoms with E-state index in [2.05, 4.69) is 70.7 Å². The third-order valence-electron chi connectivity index (χ3n) is 6.07. The molecule has 0 aliphatic carbocycles. The lowest BCUT2D eigenvalue weighted by Gasteiger charge is -2.30. The summed E-state index contributed by atoms with van der Waals surface area (Å²) >= 11 is 0. The van der Waals surface area contributed by atoms with E-state index in [0.29, 0.717) is 6.10 Å². The predicted octanol–water partition coefficient (Wildman–Crippen LogP) is 4.13. The number of rotatable bonds is 5. The third kappa shape index (κ3) is 3.50. The van der Waals surface area contributed by atoms with Gasteiger partial charge in [0.2, 0.25) is 0 Å². The molecule has 0 unspecified atom stereocenters. The fourth-order valence-corrected chi connectivity index (χ4v) is 4.64. The number of fused-ring (bicyclic) bond motifs is 1. The molecule has 144 valence electrons. The van der Waals surface area contributed by atoms with Gasteiger partial charge in [0.15, 0.2) is 0 Å². The zero-order valence-electron chi connectivity index (χ0n) is 16.2. The highest BCUT2D eigenvalue weighted by Gasteiger charge is 2.29. The Labute approximate surface area is 166 Å². The molecule has 1 saturated heterocycles. The summed E-state index contributed by atoms with van der Waals surface area (Å²) in [5.74, 6) is 0.157. The first kappa shape index (κ1) is 17.7. The fraction of sp³-hybridized carbons (Fsp3) is 0.375. The van der Waals surface area contributed by atoms with Crippen molar-refractivity contribution in [2.24, 2.45) is 0 Å². The van der Waals surface area contributed by atoms with E-state index < -0.39 is 0 Å². The highest BCUT2D eigenvalue weighted by atomic mass is 16.5. The van der Waals surface area contributed by atoms with Gasteiger partial charge < -0.3 is 4.74 Å². The number of hydrogen-bond donors (Lipinski definition) is 1. The topological polar surface area (TPSA) is 41.2 Å². The molecule has 2 aliphatic rings. The van der Waals surface area contributed by atoms with Gasteiger partial charge in [-0.05, 0) is 24.0 Å². The van der Waals surface area contributed by atoms with Gasteiger partial charge in [-0.3, -0.25) is 10.00 Å². The van der Waals surface area contributed by atoms with E-state index in [1.54, 1.807) is 0 Å². The quantitative estimate of drug-likeness (QED) is 0.731. The first-order chi connectivity index (χ1) is 13.9. The summed E-state index contributed by atoms with van der Waals surface area (Å²) in [5, 5.41) is 8.19. The van der Waals surface area contributed by atoms with Gasteiger partial charge in [0.1, 0.15) is 0 Å². The molecule has 1 N–H and O–H groups in total. The molecule has 0 saturated carbocycles. The number of benzene rings is 2. The largest absolute Gasteiger partial charge is 0.377 e. The molecular weight excluding hydrogens is 346 g/mol. The molecule has 1 aromatic heterocycles. The van der Waals surface area contributed by atoms with Crippen molar-refractivity contribution in [2.45, 2.75) is 37.8 Å². The number of aromatic amines is 1. The van der Waals surface area contributed by atoms with Crippen molar-refractivity contribution in [1.29, 1.82) is 0 Å². The van der Waals surface area contributed by atoms with E-state index in [4.69, 9.17) is 9.84 Å². The first-order valence-electron chi connectivity index (χ1n) is 10.4. The minimum absolute atomic E-state index is 0.157. The molecule has 4 nitrogen and oxygen atoms in total. The summed E-state index contributed by atoms with van der Waals surface area (Å²) in [7, 11) is 0. The maximum absolute atomic E-state index is 5.88. The van der Waals surface area contributed by atoms with Gasteiger partial charge in [0.25, 0.3) is 0 Å². The molecular formula is C24H27N3O. The lowest BCUT2D eigenvalue weighted by molar-refractivity contribution is 0.0686. The Kier molecular flexibility index (Phi) is 4.98. The minimum atomic E-state index is 0.157.